The van der Waals surface area contributed by atoms with Crippen molar-refractivity contribution in [2.75, 3.05) is 5.73 Å². The molecule has 1 aliphatic rings. The van der Waals surface area contributed by atoms with Crippen LogP contribution in [0.15, 0.2) is 12.1 Å². The second-order valence-corrected chi connectivity index (χ2v) is 4.72. The third kappa shape index (κ3) is 1.93. The van der Waals surface area contributed by atoms with Crippen molar-refractivity contribution in [3.05, 3.63) is 28.8 Å². The zero-order valence-corrected chi connectivity index (χ0v) is 10.1. The SMILES string of the molecule is Nc1ccc(C(O)(C(F)(F)F)C(F)(F)F)c2c1CCC2. The van der Waals surface area contributed by atoms with E-state index in [0.29, 0.717) is 18.9 Å². The molecule has 0 atom stereocenters. The zero-order chi connectivity index (χ0) is 15.3. The minimum atomic E-state index is -5.86. The highest BCUT2D eigenvalue weighted by Crippen LogP contribution is 2.52. The van der Waals surface area contributed by atoms with E-state index in [4.69, 9.17) is 5.73 Å². The standard InChI is InChI=1S/C12H11F6NO/c13-11(14,15)10(20,12(16,17)18)8-4-5-9(19)7-3-1-2-6(7)8/h4-5,20H,1-3,19H2. The lowest BCUT2D eigenvalue weighted by Crippen LogP contribution is -2.54. The first-order chi connectivity index (χ1) is 9.00. The maximum atomic E-state index is 12.9. The number of fused-ring (bicyclic) bond motifs is 1. The van der Waals surface area contributed by atoms with Gasteiger partial charge in [0.25, 0.3) is 5.60 Å². The number of aliphatic hydroxyl groups is 1. The predicted molar refractivity (Wildman–Crippen MR) is 58.9 cm³/mol. The number of rotatable bonds is 1. The fourth-order valence-electron chi connectivity index (χ4n) is 2.54. The average Bonchev–Trinajstić information content (AvgIpc) is 2.75. The summed E-state index contributed by atoms with van der Waals surface area (Å²) < 4.78 is 77.1. The zero-order valence-electron chi connectivity index (χ0n) is 10.1. The van der Waals surface area contributed by atoms with Crippen molar-refractivity contribution in [1.29, 1.82) is 0 Å². The third-order valence-electron chi connectivity index (χ3n) is 3.53. The van der Waals surface area contributed by atoms with Gasteiger partial charge in [-0.3, -0.25) is 0 Å². The molecule has 8 heteroatoms. The van der Waals surface area contributed by atoms with E-state index in [1.165, 1.54) is 0 Å². The molecule has 0 amide bonds. The van der Waals surface area contributed by atoms with Gasteiger partial charge in [-0.15, -0.1) is 0 Å². The van der Waals surface area contributed by atoms with Crippen molar-refractivity contribution in [3.63, 3.8) is 0 Å². The van der Waals surface area contributed by atoms with Crippen LogP contribution in [0.5, 0.6) is 0 Å². The third-order valence-corrected chi connectivity index (χ3v) is 3.53. The maximum Gasteiger partial charge on any atom is 0.430 e. The number of benzene rings is 1. The summed E-state index contributed by atoms with van der Waals surface area (Å²) in [5.41, 5.74) is -0.228. The van der Waals surface area contributed by atoms with Gasteiger partial charge in [0, 0.05) is 11.3 Å². The number of anilines is 1. The normalized spacial score (nSPS) is 16.4. The molecule has 3 N–H and O–H groups in total. The molecule has 0 unspecified atom stereocenters. The Labute approximate surface area is 110 Å². The van der Waals surface area contributed by atoms with Gasteiger partial charge in [-0.1, -0.05) is 6.07 Å². The van der Waals surface area contributed by atoms with E-state index in [1.807, 2.05) is 0 Å². The van der Waals surface area contributed by atoms with Crippen molar-refractivity contribution in [2.45, 2.75) is 37.2 Å². The number of alkyl halides is 6. The summed E-state index contributed by atoms with van der Waals surface area (Å²) in [5.74, 6) is 0. The summed E-state index contributed by atoms with van der Waals surface area (Å²) in [6.45, 7) is 0. The number of hydrogen-bond donors (Lipinski definition) is 2. The molecule has 2 rings (SSSR count). The molecule has 1 aromatic rings. The average molecular weight is 299 g/mol. The predicted octanol–water partition coefficient (Wildman–Crippen LogP) is 3.07. The molecule has 1 aromatic carbocycles. The van der Waals surface area contributed by atoms with E-state index in [-0.39, 0.29) is 23.2 Å². The van der Waals surface area contributed by atoms with Crippen LogP contribution in [0.3, 0.4) is 0 Å². The highest BCUT2D eigenvalue weighted by atomic mass is 19.4. The van der Waals surface area contributed by atoms with Gasteiger partial charge < -0.3 is 10.8 Å². The molecule has 1 aliphatic carbocycles. The lowest BCUT2D eigenvalue weighted by atomic mass is 9.86. The fraction of sp³-hybridized carbons (Fsp3) is 0.500. The Morgan fingerprint density at radius 1 is 0.900 bits per heavy atom. The van der Waals surface area contributed by atoms with Crippen LogP contribution < -0.4 is 5.73 Å². The second kappa shape index (κ2) is 4.28. The maximum absolute atomic E-state index is 12.9. The lowest BCUT2D eigenvalue weighted by molar-refractivity contribution is -0.376. The Morgan fingerprint density at radius 2 is 1.40 bits per heavy atom. The number of nitrogens with two attached hydrogens (primary N) is 1. The van der Waals surface area contributed by atoms with Crippen LogP contribution in [0.25, 0.3) is 0 Å². The highest BCUT2D eigenvalue weighted by molar-refractivity contribution is 5.57. The van der Waals surface area contributed by atoms with Crippen molar-refractivity contribution in [1.82, 2.24) is 0 Å². The van der Waals surface area contributed by atoms with E-state index in [2.05, 4.69) is 0 Å². The summed E-state index contributed by atoms with van der Waals surface area (Å²) in [4.78, 5) is 0. The summed E-state index contributed by atoms with van der Waals surface area (Å²) in [6.07, 6.45) is -11.0. The minimum Gasteiger partial charge on any atom is -0.398 e. The molecule has 112 valence electrons. The molecular weight excluding hydrogens is 288 g/mol. The topological polar surface area (TPSA) is 46.2 Å². The number of nitrogen functional groups attached to an aromatic ring is 1. The Balaban J connectivity index is 2.73. The molecule has 2 nitrogen and oxygen atoms in total. The number of hydrogen-bond acceptors (Lipinski definition) is 2. The van der Waals surface area contributed by atoms with Crippen LogP contribution in [-0.2, 0) is 18.4 Å². The van der Waals surface area contributed by atoms with Crippen molar-refractivity contribution >= 4 is 5.69 Å². The first-order valence-corrected chi connectivity index (χ1v) is 5.76. The molecule has 0 aromatic heterocycles. The molecule has 0 bridgehead atoms. The van der Waals surface area contributed by atoms with Gasteiger partial charge in [-0.2, -0.15) is 26.3 Å². The summed E-state index contributed by atoms with van der Waals surface area (Å²) in [7, 11) is 0. The molecule has 0 radical (unpaired) electrons. The van der Waals surface area contributed by atoms with Crippen LogP contribution in [-0.4, -0.2) is 17.5 Å². The Hall–Kier alpha value is -1.44. The molecule has 0 heterocycles. The van der Waals surface area contributed by atoms with Crippen LogP contribution >= 0.6 is 0 Å². The van der Waals surface area contributed by atoms with Gasteiger partial charge in [-0.05, 0) is 36.5 Å². The Kier molecular flexibility index (Phi) is 3.20. The monoisotopic (exact) mass is 299 g/mol. The molecule has 0 fully saturated rings. The van der Waals surface area contributed by atoms with E-state index < -0.39 is 23.5 Å². The van der Waals surface area contributed by atoms with Gasteiger partial charge in [0.1, 0.15) is 0 Å². The molecule has 0 saturated carbocycles. The van der Waals surface area contributed by atoms with Gasteiger partial charge >= 0.3 is 12.4 Å². The largest absolute Gasteiger partial charge is 0.430 e. The summed E-state index contributed by atoms with van der Waals surface area (Å²) >= 11 is 0. The summed E-state index contributed by atoms with van der Waals surface area (Å²) in [6, 6.07) is 1.59. The van der Waals surface area contributed by atoms with Crippen molar-refractivity contribution in [2.24, 2.45) is 0 Å². The molecule has 0 saturated heterocycles. The van der Waals surface area contributed by atoms with E-state index in [0.717, 1.165) is 6.07 Å². The van der Waals surface area contributed by atoms with E-state index in [9.17, 15) is 31.4 Å². The van der Waals surface area contributed by atoms with E-state index >= 15 is 0 Å². The molecule has 0 spiro atoms. The quantitative estimate of drug-likeness (QED) is 0.618. The van der Waals surface area contributed by atoms with Gasteiger partial charge in [0.2, 0.25) is 0 Å². The van der Waals surface area contributed by atoms with Gasteiger partial charge in [-0.25, -0.2) is 0 Å². The van der Waals surface area contributed by atoms with Crippen molar-refractivity contribution in [3.8, 4) is 0 Å². The first kappa shape index (κ1) is 15.0. The van der Waals surface area contributed by atoms with Crippen LogP contribution in [0.1, 0.15) is 23.1 Å². The fourth-order valence-corrected chi connectivity index (χ4v) is 2.54. The van der Waals surface area contributed by atoms with Crippen LogP contribution in [0.4, 0.5) is 32.0 Å². The smallest absolute Gasteiger partial charge is 0.398 e. The van der Waals surface area contributed by atoms with Crippen molar-refractivity contribution < 1.29 is 31.4 Å². The summed E-state index contributed by atoms with van der Waals surface area (Å²) in [5, 5.41) is 9.42. The number of halogens is 6. The second-order valence-electron chi connectivity index (χ2n) is 4.72. The van der Waals surface area contributed by atoms with Gasteiger partial charge in [0.05, 0.1) is 0 Å². The molecule has 20 heavy (non-hydrogen) atoms. The Bertz CT molecular complexity index is 520. The van der Waals surface area contributed by atoms with E-state index in [1.54, 1.807) is 0 Å². The molecular formula is C12H11F6NO. The lowest BCUT2D eigenvalue weighted by Gasteiger charge is -2.34. The highest BCUT2D eigenvalue weighted by Gasteiger charge is 2.72. The Morgan fingerprint density at radius 3 is 1.90 bits per heavy atom. The van der Waals surface area contributed by atoms with Gasteiger partial charge in [0.15, 0.2) is 0 Å². The minimum absolute atomic E-state index is 0.0319. The van der Waals surface area contributed by atoms with Crippen LogP contribution in [0.2, 0.25) is 0 Å². The van der Waals surface area contributed by atoms with Crippen LogP contribution in [0, 0.1) is 0 Å². The first-order valence-electron chi connectivity index (χ1n) is 5.76. The molecule has 0 aliphatic heterocycles.